The summed E-state index contributed by atoms with van der Waals surface area (Å²) in [7, 11) is 0. The van der Waals surface area contributed by atoms with E-state index in [2.05, 4.69) is 29.0 Å². The summed E-state index contributed by atoms with van der Waals surface area (Å²) in [5, 5.41) is 10.9. The lowest BCUT2D eigenvalue weighted by atomic mass is 9.92. The lowest BCUT2D eigenvalue weighted by molar-refractivity contribution is -0.137. The molecule has 6 heteroatoms. The van der Waals surface area contributed by atoms with Crippen molar-refractivity contribution in [2.75, 3.05) is 6.61 Å². The second-order valence-electron chi connectivity index (χ2n) is 7.62. The van der Waals surface area contributed by atoms with Crippen molar-refractivity contribution in [1.29, 1.82) is 0 Å². The van der Waals surface area contributed by atoms with Gasteiger partial charge in [-0.15, -0.1) is 0 Å². The van der Waals surface area contributed by atoms with Gasteiger partial charge in [-0.3, -0.25) is 4.79 Å². The number of benzene rings is 1. The number of hydrogen-bond acceptors (Lipinski definition) is 2. The number of halogens is 2. The van der Waals surface area contributed by atoms with Gasteiger partial charge in [0.1, 0.15) is 0 Å². The van der Waals surface area contributed by atoms with Crippen molar-refractivity contribution in [3.63, 3.8) is 0 Å². The average Bonchev–Trinajstić information content (AvgIpc) is 3.39. The topological polar surface area (TPSA) is 51.5 Å². The third kappa shape index (κ3) is 4.11. The third-order valence-electron chi connectivity index (χ3n) is 5.37. The molecule has 1 heterocycles. The first-order chi connectivity index (χ1) is 13.5. The van der Waals surface area contributed by atoms with Gasteiger partial charge in [-0.25, -0.2) is 8.78 Å². The third-order valence-corrected chi connectivity index (χ3v) is 5.37. The van der Waals surface area contributed by atoms with Crippen LogP contribution >= 0.6 is 0 Å². The molecule has 2 aliphatic carbocycles. The molecule has 0 aliphatic heterocycles. The molecule has 2 aromatic rings. The SMILES string of the molecule is O=C(O)CCCOc1c(F)cc(C2C=c3c(ccn3CC3CC3)=CC2)cc1F. The maximum absolute atomic E-state index is 14.4. The molecule has 28 heavy (non-hydrogen) atoms. The van der Waals surface area contributed by atoms with Crippen LogP contribution in [0, 0.1) is 17.6 Å². The van der Waals surface area contributed by atoms with Crippen LogP contribution in [0.4, 0.5) is 8.78 Å². The minimum atomic E-state index is -0.963. The predicted molar refractivity (Wildman–Crippen MR) is 101 cm³/mol. The van der Waals surface area contributed by atoms with E-state index in [0.29, 0.717) is 12.0 Å². The van der Waals surface area contributed by atoms with Gasteiger partial charge in [-0.2, -0.15) is 0 Å². The van der Waals surface area contributed by atoms with Crippen molar-refractivity contribution in [1.82, 2.24) is 4.57 Å². The van der Waals surface area contributed by atoms with Gasteiger partial charge >= 0.3 is 5.97 Å². The summed E-state index contributed by atoms with van der Waals surface area (Å²) >= 11 is 0. The van der Waals surface area contributed by atoms with E-state index in [4.69, 9.17) is 9.84 Å². The molecule has 148 valence electrons. The zero-order valence-corrected chi connectivity index (χ0v) is 15.5. The van der Waals surface area contributed by atoms with Crippen LogP contribution in [0.5, 0.6) is 5.75 Å². The maximum Gasteiger partial charge on any atom is 0.303 e. The van der Waals surface area contributed by atoms with Gasteiger partial charge in [0.15, 0.2) is 17.4 Å². The first-order valence-electron chi connectivity index (χ1n) is 9.72. The molecule has 1 fully saturated rings. The summed E-state index contributed by atoms with van der Waals surface area (Å²) in [5.74, 6) is -2.25. The highest BCUT2D eigenvalue weighted by Crippen LogP contribution is 2.31. The molecule has 1 unspecified atom stereocenters. The smallest absolute Gasteiger partial charge is 0.303 e. The highest BCUT2D eigenvalue weighted by atomic mass is 19.1. The lowest BCUT2D eigenvalue weighted by Gasteiger charge is -2.17. The second kappa shape index (κ2) is 7.78. The highest BCUT2D eigenvalue weighted by molar-refractivity contribution is 5.66. The first-order valence-corrected chi connectivity index (χ1v) is 9.72. The number of carbonyl (C=O) groups is 1. The number of fused-ring (bicyclic) bond motifs is 1. The van der Waals surface area contributed by atoms with Crippen molar-refractivity contribution in [2.24, 2.45) is 5.92 Å². The van der Waals surface area contributed by atoms with Gasteiger partial charge in [0.05, 0.1) is 6.61 Å². The molecule has 0 radical (unpaired) electrons. The molecule has 1 atom stereocenters. The molecule has 0 spiro atoms. The van der Waals surface area contributed by atoms with Gasteiger partial charge in [-0.05, 0) is 60.6 Å². The van der Waals surface area contributed by atoms with Crippen LogP contribution in [0.3, 0.4) is 0 Å². The average molecular weight is 387 g/mol. The number of aromatic nitrogens is 1. The van der Waals surface area contributed by atoms with Crippen molar-refractivity contribution >= 4 is 18.1 Å². The van der Waals surface area contributed by atoms with E-state index >= 15 is 0 Å². The minimum Gasteiger partial charge on any atom is -0.488 e. The summed E-state index contributed by atoms with van der Waals surface area (Å²) in [6, 6.07) is 4.74. The van der Waals surface area contributed by atoms with Crippen LogP contribution in [0.15, 0.2) is 24.4 Å². The largest absolute Gasteiger partial charge is 0.488 e. The van der Waals surface area contributed by atoms with E-state index in [1.54, 1.807) is 0 Å². The molecule has 4 nitrogen and oxygen atoms in total. The van der Waals surface area contributed by atoms with Crippen LogP contribution in [-0.2, 0) is 11.3 Å². The van der Waals surface area contributed by atoms with Gasteiger partial charge in [-0.1, -0.05) is 12.2 Å². The molecular weight excluding hydrogens is 364 g/mol. The fourth-order valence-corrected chi connectivity index (χ4v) is 3.68. The van der Waals surface area contributed by atoms with Crippen LogP contribution < -0.4 is 15.3 Å². The molecular formula is C22H23F2NO3. The fourth-order valence-electron chi connectivity index (χ4n) is 3.68. The predicted octanol–water partition coefficient (Wildman–Crippen LogP) is 3.17. The van der Waals surface area contributed by atoms with E-state index in [1.807, 2.05) is 0 Å². The molecule has 2 aliphatic rings. The quantitative estimate of drug-likeness (QED) is 0.708. The van der Waals surface area contributed by atoms with E-state index in [1.165, 1.54) is 30.2 Å². The zero-order chi connectivity index (χ0) is 19.7. The molecule has 1 saturated carbocycles. The Bertz CT molecular complexity index is 984. The minimum absolute atomic E-state index is 0.0408. The normalized spacial score (nSPS) is 18.1. The van der Waals surface area contributed by atoms with Crippen molar-refractivity contribution in [3.8, 4) is 5.75 Å². The van der Waals surface area contributed by atoms with Crippen LogP contribution in [-0.4, -0.2) is 22.2 Å². The summed E-state index contributed by atoms with van der Waals surface area (Å²) in [6.07, 6.45) is 9.63. The first kappa shape index (κ1) is 18.7. The Morgan fingerprint density at radius 2 is 2.00 bits per heavy atom. The number of aliphatic carboxylic acids is 1. The summed E-state index contributed by atoms with van der Waals surface area (Å²) < 4.78 is 36.3. The number of hydrogen-bond donors (Lipinski definition) is 1. The summed E-state index contributed by atoms with van der Waals surface area (Å²) in [5.41, 5.74) is 0.578. The number of carboxylic acid groups (broad SMARTS) is 1. The number of carboxylic acids is 1. The van der Waals surface area contributed by atoms with Crippen molar-refractivity contribution in [3.05, 3.63) is 52.2 Å². The maximum atomic E-state index is 14.4. The Kier molecular flexibility index (Phi) is 5.20. The number of ether oxygens (including phenoxy) is 1. The fraction of sp³-hybridized carbons (Fsp3) is 0.409. The Hall–Kier alpha value is -2.63. The van der Waals surface area contributed by atoms with Gasteiger partial charge in [0, 0.05) is 30.4 Å². The monoisotopic (exact) mass is 387 g/mol. The number of rotatable bonds is 8. The van der Waals surface area contributed by atoms with Gasteiger partial charge in [0.2, 0.25) is 0 Å². The molecule has 4 rings (SSSR count). The van der Waals surface area contributed by atoms with Crippen LogP contribution in [0.2, 0.25) is 0 Å². The number of nitrogens with zero attached hydrogens (tertiary/aromatic N) is 1. The van der Waals surface area contributed by atoms with Gasteiger partial charge < -0.3 is 14.4 Å². The van der Waals surface area contributed by atoms with Gasteiger partial charge in [0.25, 0.3) is 0 Å². The Morgan fingerprint density at radius 3 is 2.68 bits per heavy atom. The molecule has 1 aromatic heterocycles. The summed E-state index contributed by atoms with van der Waals surface area (Å²) in [6.45, 7) is 0.957. The van der Waals surface area contributed by atoms with E-state index in [0.717, 1.165) is 17.8 Å². The second-order valence-corrected chi connectivity index (χ2v) is 7.62. The van der Waals surface area contributed by atoms with E-state index < -0.39 is 23.4 Å². The van der Waals surface area contributed by atoms with E-state index in [-0.39, 0.29) is 25.4 Å². The van der Waals surface area contributed by atoms with Crippen LogP contribution in [0.1, 0.15) is 43.6 Å². The van der Waals surface area contributed by atoms with E-state index in [9.17, 15) is 13.6 Å². The van der Waals surface area contributed by atoms with Crippen molar-refractivity contribution < 1.29 is 23.4 Å². The molecule has 1 aromatic carbocycles. The molecule has 0 bridgehead atoms. The Balaban J connectivity index is 1.53. The standard InChI is InChI=1S/C22H23F2NO3/c23-18-10-17(11-19(24)22(18)28-9-1-2-21(26)27)16-6-5-15-7-8-25(20(15)12-16)13-14-3-4-14/h5,7-8,10-12,14,16H,1-4,6,9,13H2,(H,26,27). The lowest BCUT2D eigenvalue weighted by Crippen LogP contribution is -2.32. The molecule has 1 N–H and O–H groups in total. The zero-order valence-electron chi connectivity index (χ0n) is 15.5. The summed E-state index contributed by atoms with van der Waals surface area (Å²) in [4.78, 5) is 10.5. The Labute approximate surface area is 161 Å². The van der Waals surface area contributed by atoms with Crippen LogP contribution in [0.25, 0.3) is 12.2 Å². The highest BCUT2D eigenvalue weighted by Gasteiger charge is 2.23. The Morgan fingerprint density at radius 1 is 1.25 bits per heavy atom. The molecule has 0 amide bonds. The van der Waals surface area contributed by atoms with Crippen molar-refractivity contribution in [2.45, 2.75) is 44.6 Å². The molecule has 0 saturated heterocycles.